The van der Waals surface area contributed by atoms with Crippen LogP contribution in [0.2, 0.25) is 0 Å². The van der Waals surface area contributed by atoms with Gasteiger partial charge in [-0.2, -0.15) is 10.7 Å². The molecule has 7 aromatic rings. The Labute approximate surface area is 282 Å². The van der Waals surface area contributed by atoms with Gasteiger partial charge in [0.2, 0.25) is 0 Å². The summed E-state index contributed by atoms with van der Waals surface area (Å²) in [6.45, 7) is 18.5. The summed E-state index contributed by atoms with van der Waals surface area (Å²) in [4.78, 5) is 8.61. The molecule has 0 N–H and O–H groups in total. The Morgan fingerprint density at radius 1 is 0.826 bits per heavy atom. The molecule has 0 radical (unpaired) electrons. The van der Waals surface area contributed by atoms with Gasteiger partial charge < -0.3 is 14.1 Å². The maximum atomic E-state index is 8.08. The van der Waals surface area contributed by atoms with Crippen LogP contribution in [-0.4, -0.2) is 19.3 Å². The first-order chi connectivity index (χ1) is 21.7. The molecule has 0 spiro atoms. The Kier molecular flexibility index (Phi) is 8.13. The Bertz CT molecular complexity index is 2270. The fourth-order valence-electron chi connectivity index (χ4n) is 5.79. The number of ether oxygens (including phenoxy) is 1. The van der Waals surface area contributed by atoms with Crippen LogP contribution >= 0.6 is 0 Å². The molecule has 3 aromatic heterocycles. The number of hydrogen-bond acceptors (Lipinski definition) is 3. The number of aromatic nitrogens is 4. The molecule has 0 bridgehead atoms. The van der Waals surface area contributed by atoms with Crippen molar-refractivity contribution in [3.63, 3.8) is 0 Å². The summed E-state index contributed by atoms with van der Waals surface area (Å²) in [5.74, 6) is 2.34. The molecule has 7 heteroatoms. The molecular weight excluding hydrogens is 661 g/mol. The van der Waals surface area contributed by atoms with Crippen LogP contribution in [-0.2, 0) is 25.8 Å². The van der Waals surface area contributed by atoms with E-state index >= 15 is 0 Å². The molecule has 7 rings (SSSR count). The predicted molar refractivity (Wildman–Crippen MR) is 180 cm³/mol. The summed E-state index contributed by atoms with van der Waals surface area (Å²) in [6.07, 6.45) is 1.83. The molecule has 0 saturated carbocycles. The van der Waals surface area contributed by atoms with Crippen LogP contribution in [0, 0.1) is 32.6 Å². The van der Waals surface area contributed by atoms with Gasteiger partial charge >= 0.3 is 20.4 Å². The maximum Gasteiger partial charge on any atom is 2.00 e. The SMILES string of the molecule is [C-]#[N+]c1c(-c2ccccc2)c(C)nn1-c1[c-]c(Oc2[c-]c3c(cc2)c2ccccc2n3-c2cc(C)ccn2)cc(C(C)(C)C)c1.[Pd+2]. The third-order valence-corrected chi connectivity index (χ3v) is 8.04. The van der Waals surface area contributed by atoms with Gasteiger partial charge in [-0.1, -0.05) is 87.5 Å². The van der Waals surface area contributed by atoms with Crippen LogP contribution in [0.5, 0.6) is 11.5 Å². The Morgan fingerprint density at radius 3 is 2.33 bits per heavy atom. The van der Waals surface area contributed by atoms with Crippen LogP contribution in [0.4, 0.5) is 5.82 Å². The zero-order valence-corrected chi connectivity index (χ0v) is 27.8. The third-order valence-electron chi connectivity index (χ3n) is 8.04. The monoisotopic (exact) mass is 691 g/mol. The van der Waals surface area contributed by atoms with Crippen molar-refractivity contribution in [2.75, 3.05) is 0 Å². The fourth-order valence-corrected chi connectivity index (χ4v) is 5.79. The Balaban J connectivity index is 0.00000372. The van der Waals surface area contributed by atoms with E-state index in [-0.39, 0.29) is 25.8 Å². The summed E-state index contributed by atoms with van der Waals surface area (Å²) >= 11 is 0. The van der Waals surface area contributed by atoms with Gasteiger partial charge in [-0.25, -0.2) is 4.98 Å². The Morgan fingerprint density at radius 2 is 1.59 bits per heavy atom. The molecule has 0 aliphatic rings. The van der Waals surface area contributed by atoms with Gasteiger partial charge in [-0.15, -0.1) is 40.3 Å². The standard InChI is InChI=1S/C39H31N5O.Pd/c1-25-18-19-41-36(20-25)43-34-15-11-10-14-32(34)33-17-16-30(24-35(33)43)45-31-22-28(39(3,4)5)21-29(23-31)44-38(40-6)37(26(2)42-44)27-12-8-7-9-13-27;/h7-22H,1-5H3;/q-2;+2. The molecule has 46 heavy (non-hydrogen) atoms. The molecule has 0 amide bonds. The second-order valence-electron chi connectivity index (χ2n) is 12.3. The zero-order valence-electron chi connectivity index (χ0n) is 26.2. The van der Waals surface area contributed by atoms with Crippen LogP contribution in [0.1, 0.15) is 37.6 Å². The number of aryl methyl sites for hydroxylation is 2. The summed E-state index contributed by atoms with van der Waals surface area (Å²) in [7, 11) is 0. The van der Waals surface area contributed by atoms with Crippen molar-refractivity contribution in [2.24, 2.45) is 0 Å². The van der Waals surface area contributed by atoms with Gasteiger partial charge in [-0.05, 0) is 54.0 Å². The van der Waals surface area contributed by atoms with E-state index in [0.29, 0.717) is 23.0 Å². The Hall–Kier alpha value is -5.01. The minimum Gasteiger partial charge on any atom is -0.509 e. The summed E-state index contributed by atoms with van der Waals surface area (Å²) in [5.41, 5.74) is 7.10. The minimum atomic E-state index is -0.193. The van der Waals surface area contributed by atoms with E-state index in [2.05, 4.69) is 78.5 Å². The molecule has 0 saturated heterocycles. The van der Waals surface area contributed by atoms with Gasteiger partial charge in [-0.3, -0.25) is 0 Å². The summed E-state index contributed by atoms with van der Waals surface area (Å²) in [6, 6.07) is 37.3. The minimum absolute atomic E-state index is 0. The van der Waals surface area contributed by atoms with E-state index in [0.717, 1.165) is 55.6 Å². The van der Waals surface area contributed by atoms with E-state index in [1.54, 1.807) is 4.68 Å². The molecule has 6 nitrogen and oxygen atoms in total. The van der Waals surface area contributed by atoms with Gasteiger partial charge in [0.1, 0.15) is 5.82 Å². The van der Waals surface area contributed by atoms with Crippen molar-refractivity contribution < 1.29 is 25.2 Å². The van der Waals surface area contributed by atoms with Gasteiger partial charge in [0.25, 0.3) is 5.82 Å². The van der Waals surface area contributed by atoms with Crippen molar-refractivity contribution in [2.45, 2.75) is 40.0 Å². The largest absolute Gasteiger partial charge is 2.00 e. The first-order valence-electron chi connectivity index (χ1n) is 14.9. The van der Waals surface area contributed by atoms with Gasteiger partial charge in [0.05, 0.1) is 5.69 Å². The number of hydrogen-bond donors (Lipinski definition) is 0. The molecule has 0 aliphatic carbocycles. The molecular formula is C39H31N5OPd. The predicted octanol–water partition coefficient (Wildman–Crippen LogP) is 9.89. The second kappa shape index (κ2) is 12.1. The third kappa shape index (κ3) is 5.52. The van der Waals surface area contributed by atoms with Gasteiger partial charge in [0, 0.05) is 34.5 Å². The molecule has 3 heterocycles. The number of rotatable bonds is 5. The fraction of sp³-hybridized carbons (Fsp3) is 0.154. The maximum absolute atomic E-state index is 8.08. The van der Waals surface area contributed by atoms with Crippen molar-refractivity contribution >= 4 is 27.6 Å². The van der Waals surface area contributed by atoms with E-state index < -0.39 is 0 Å². The second-order valence-corrected chi connectivity index (χ2v) is 12.3. The molecule has 0 fully saturated rings. The summed E-state index contributed by atoms with van der Waals surface area (Å²) < 4.78 is 10.3. The molecule has 228 valence electrons. The van der Waals surface area contributed by atoms with Crippen LogP contribution in [0.25, 0.3) is 49.3 Å². The van der Waals surface area contributed by atoms with Crippen molar-refractivity contribution in [1.82, 2.24) is 19.3 Å². The topological polar surface area (TPSA) is 49.2 Å². The number of benzene rings is 4. The molecule has 0 unspecified atom stereocenters. The quantitative estimate of drug-likeness (QED) is 0.133. The first-order valence-corrected chi connectivity index (χ1v) is 14.9. The van der Waals surface area contributed by atoms with Gasteiger partial charge in [0.15, 0.2) is 0 Å². The summed E-state index contributed by atoms with van der Waals surface area (Å²) in [5, 5.41) is 7.00. The molecule has 4 aromatic carbocycles. The zero-order chi connectivity index (χ0) is 31.3. The van der Waals surface area contributed by atoms with Crippen LogP contribution in [0.15, 0.2) is 97.2 Å². The average molecular weight is 692 g/mol. The average Bonchev–Trinajstić information content (AvgIpc) is 3.55. The van der Waals surface area contributed by atoms with Crippen molar-refractivity contribution in [3.8, 4) is 34.1 Å². The molecule has 0 atom stereocenters. The normalized spacial score (nSPS) is 11.4. The number of fused-ring (bicyclic) bond motifs is 3. The van der Waals surface area contributed by atoms with E-state index in [4.69, 9.17) is 16.4 Å². The first kappa shape index (κ1) is 31.0. The van der Waals surface area contributed by atoms with Crippen LogP contribution in [0.3, 0.4) is 0 Å². The molecule has 0 aliphatic heterocycles. The van der Waals surface area contributed by atoms with E-state index in [1.165, 1.54) is 0 Å². The van der Waals surface area contributed by atoms with Crippen molar-refractivity contribution in [1.29, 1.82) is 0 Å². The number of para-hydroxylation sites is 1. The van der Waals surface area contributed by atoms with Crippen LogP contribution < -0.4 is 4.74 Å². The van der Waals surface area contributed by atoms with Crippen molar-refractivity contribution in [3.05, 3.63) is 138 Å². The number of nitrogens with zero attached hydrogens (tertiary/aromatic N) is 5. The van der Waals surface area contributed by atoms with E-state index in [1.807, 2.05) is 79.9 Å². The van der Waals surface area contributed by atoms with E-state index in [9.17, 15) is 0 Å². The smallest absolute Gasteiger partial charge is 0.509 e. The number of pyridine rings is 1.